The first-order valence-corrected chi connectivity index (χ1v) is 5.23. The molecule has 0 aliphatic carbocycles. The Morgan fingerprint density at radius 3 is 1.81 bits per heavy atom. The maximum absolute atomic E-state index is 12.7. The van der Waals surface area contributed by atoms with Gasteiger partial charge >= 0.3 is 0 Å². The van der Waals surface area contributed by atoms with Crippen LogP contribution in [0.3, 0.4) is 0 Å². The zero-order valence-corrected chi connectivity index (χ0v) is 9.16. The molecule has 1 N–H and O–H groups in total. The molecule has 0 fully saturated rings. The molecule has 0 spiro atoms. The minimum atomic E-state index is -0.752. The number of benzene rings is 2. The molecule has 2 aromatic rings. The minimum absolute atomic E-state index is 0.313. The van der Waals surface area contributed by atoms with E-state index in [-0.39, 0.29) is 5.82 Å². The van der Waals surface area contributed by atoms with E-state index in [1.807, 2.05) is 0 Å². The lowest BCUT2D eigenvalue weighted by Crippen LogP contribution is -1.99. The topological polar surface area (TPSA) is 20.2 Å². The van der Waals surface area contributed by atoms with Crippen LogP contribution in [0.1, 0.15) is 17.2 Å². The lowest BCUT2D eigenvalue weighted by atomic mass is 10.0. The third kappa shape index (κ3) is 2.40. The number of aliphatic hydroxyl groups is 1. The van der Waals surface area contributed by atoms with Crippen molar-refractivity contribution in [2.45, 2.75) is 6.10 Å². The van der Waals surface area contributed by atoms with E-state index < -0.39 is 6.10 Å². The molecule has 2 rings (SSSR count). The second kappa shape index (κ2) is 4.64. The van der Waals surface area contributed by atoms with Gasteiger partial charge in [-0.2, -0.15) is 0 Å². The van der Waals surface area contributed by atoms with E-state index in [2.05, 4.69) is 0 Å². The summed E-state index contributed by atoms with van der Waals surface area (Å²) in [6.45, 7) is 0. The third-order valence-corrected chi connectivity index (χ3v) is 2.62. The van der Waals surface area contributed by atoms with Crippen molar-refractivity contribution >= 4 is 11.6 Å². The molecule has 1 nitrogen and oxygen atoms in total. The molecule has 2 aromatic carbocycles. The van der Waals surface area contributed by atoms with Gasteiger partial charge in [0.1, 0.15) is 11.9 Å². The van der Waals surface area contributed by atoms with Gasteiger partial charge in [0.25, 0.3) is 0 Å². The van der Waals surface area contributed by atoms with E-state index in [0.717, 1.165) is 5.56 Å². The molecule has 1 atom stereocenters. The SMILES string of the molecule is OC(c1ccc(F)cc1)c1ccc(Cl)cc1. The molecule has 0 amide bonds. The molecule has 0 bridgehead atoms. The maximum Gasteiger partial charge on any atom is 0.123 e. The van der Waals surface area contributed by atoms with Crippen molar-refractivity contribution in [2.24, 2.45) is 0 Å². The summed E-state index contributed by atoms with van der Waals surface area (Å²) in [6, 6.07) is 12.7. The third-order valence-electron chi connectivity index (χ3n) is 2.37. The maximum atomic E-state index is 12.7. The Balaban J connectivity index is 2.28. The second-order valence-corrected chi connectivity index (χ2v) is 3.94. The molecule has 0 saturated heterocycles. The van der Waals surface area contributed by atoms with E-state index in [1.165, 1.54) is 12.1 Å². The summed E-state index contributed by atoms with van der Waals surface area (Å²) in [5.41, 5.74) is 1.39. The van der Waals surface area contributed by atoms with Gasteiger partial charge in [-0.3, -0.25) is 0 Å². The quantitative estimate of drug-likeness (QED) is 0.845. The van der Waals surface area contributed by atoms with Gasteiger partial charge in [-0.1, -0.05) is 35.9 Å². The van der Waals surface area contributed by atoms with Crippen molar-refractivity contribution in [2.75, 3.05) is 0 Å². The van der Waals surface area contributed by atoms with Gasteiger partial charge in [-0.25, -0.2) is 4.39 Å². The first kappa shape index (κ1) is 11.1. The van der Waals surface area contributed by atoms with Crippen LogP contribution in [0.15, 0.2) is 48.5 Å². The van der Waals surface area contributed by atoms with Crippen molar-refractivity contribution in [3.63, 3.8) is 0 Å². The summed E-state index contributed by atoms with van der Waals surface area (Å²) in [6.07, 6.45) is -0.752. The summed E-state index contributed by atoms with van der Waals surface area (Å²) in [5.74, 6) is -0.313. The highest BCUT2D eigenvalue weighted by Crippen LogP contribution is 2.23. The fraction of sp³-hybridized carbons (Fsp3) is 0.0769. The van der Waals surface area contributed by atoms with Crippen LogP contribution in [0, 0.1) is 5.82 Å². The van der Waals surface area contributed by atoms with Crippen molar-refractivity contribution in [1.82, 2.24) is 0 Å². The average Bonchev–Trinajstić information content (AvgIpc) is 2.30. The first-order chi connectivity index (χ1) is 7.66. The first-order valence-electron chi connectivity index (χ1n) is 4.86. The molecule has 82 valence electrons. The fourth-order valence-electron chi connectivity index (χ4n) is 1.48. The molecule has 0 radical (unpaired) electrons. The Hall–Kier alpha value is -1.38. The average molecular weight is 237 g/mol. The van der Waals surface area contributed by atoms with E-state index in [4.69, 9.17) is 11.6 Å². The van der Waals surface area contributed by atoms with Crippen molar-refractivity contribution in [3.05, 3.63) is 70.5 Å². The lowest BCUT2D eigenvalue weighted by Gasteiger charge is -2.11. The summed E-state index contributed by atoms with van der Waals surface area (Å²) < 4.78 is 12.7. The van der Waals surface area contributed by atoms with Crippen molar-refractivity contribution in [1.29, 1.82) is 0 Å². The van der Waals surface area contributed by atoms with Crippen LogP contribution in [0.2, 0.25) is 5.02 Å². The van der Waals surface area contributed by atoms with Crippen molar-refractivity contribution in [3.8, 4) is 0 Å². The van der Waals surface area contributed by atoms with Crippen LogP contribution in [0.25, 0.3) is 0 Å². The van der Waals surface area contributed by atoms with Gasteiger partial charge in [0.15, 0.2) is 0 Å². The lowest BCUT2D eigenvalue weighted by molar-refractivity contribution is 0.220. The van der Waals surface area contributed by atoms with E-state index in [1.54, 1.807) is 36.4 Å². The van der Waals surface area contributed by atoms with Crippen LogP contribution in [-0.2, 0) is 0 Å². The molecular weight excluding hydrogens is 227 g/mol. The number of hydrogen-bond acceptors (Lipinski definition) is 1. The number of rotatable bonds is 2. The van der Waals surface area contributed by atoms with Gasteiger partial charge < -0.3 is 5.11 Å². The Labute approximate surface area is 98.1 Å². The van der Waals surface area contributed by atoms with Crippen LogP contribution in [0.4, 0.5) is 4.39 Å². The molecular formula is C13H10ClFO. The Morgan fingerprint density at radius 1 is 0.875 bits per heavy atom. The predicted molar refractivity (Wildman–Crippen MR) is 61.9 cm³/mol. The highest BCUT2D eigenvalue weighted by atomic mass is 35.5. The van der Waals surface area contributed by atoms with E-state index in [0.29, 0.717) is 10.6 Å². The van der Waals surface area contributed by atoms with Gasteiger partial charge in [0, 0.05) is 5.02 Å². The van der Waals surface area contributed by atoms with Crippen LogP contribution in [0.5, 0.6) is 0 Å². The molecule has 0 aliphatic rings. The fourth-order valence-corrected chi connectivity index (χ4v) is 1.61. The summed E-state index contributed by atoms with van der Waals surface area (Å²) in [5, 5.41) is 10.6. The zero-order chi connectivity index (χ0) is 11.5. The van der Waals surface area contributed by atoms with Crippen LogP contribution < -0.4 is 0 Å². The van der Waals surface area contributed by atoms with Gasteiger partial charge in [-0.15, -0.1) is 0 Å². The van der Waals surface area contributed by atoms with Gasteiger partial charge in [0.2, 0.25) is 0 Å². The Bertz CT molecular complexity index is 419. The predicted octanol–water partition coefficient (Wildman–Crippen LogP) is 3.56. The Kier molecular flexibility index (Phi) is 3.22. The highest BCUT2D eigenvalue weighted by Gasteiger charge is 2.09. The molecule has 3 heteroatoms. The molecule has 0 aliphatic heterocycles. The molecule has 16 heavy (non-hydrogen) atoms. The zero-order valence-electron chi connectivity index (χ0n) is 8.40. The van der Waals surface area contributed by atoms with E-state index in [9.17, 15) is 9.50 Å². The molecule has 0 aromatic heterocycles. The van der Waals surface area contributed by atoms with Crippen molar-refractivity contribution < 1.29 is 9.50 Å². The van der Waals surface area contributed by atoms with Gasteiger partial charge in [0.05, 0.1) is 0 Å². The number of aliphatic hydroxyl groups excluding tert-OH is 1. The summed E-state index contributed by atoms with van der Waals surface area (Å²) in [4.78, 5) is 0. The summed E-state index contributed by atoms with van der Waals surface area (Å²) in [7, 11) is 0. The molecule has 0 saturated carbocycles. The van der Waals surface area contributed by atoms with Crippen LogP contribution in [-0.4, -0.2) is 5.11 Å². The minimum Gasteiger partial charge on any atom is -0.384 e. The monoisotopic (exact) mass is 236 g/mol. The van der Waals surface area contributed by atoms with Crippen LogP contribution >= 0.6 is 11.6 Å². The number of halogens is 2. The number of hydrogen-bond donors (Lipinski definition) is 1. The Morgan fingerprint density at radius 2 is 1.31 bits per heavy atom. The molecule has 0 heterocycles. The molecule has 1 unspecified atom stereocenters. The highest BCUT2D eigenvalue weighted by molar-refractivity contribution is 6.30. The smallest absolute Gasteiger partial charge is 0.123 e. The normalized spacial score (nSPS) is 12.4. The largest absolute Gasteiger partial charge is 0.384 e. The van der Waals surface area contributed by atoms with E-state index >= 15 is 0 Å². The standard InChI is InChI=1S/C13H10ClFO/c14-11-5-1-9(2-6-11)13(16)10-3-7-12(15)8-4-10/h1-8,13,16H. The van der Waals surface area contributed by atoms with Gasteiger partial charge in [-0.05, 0) is 35.4 Å². The summed E-state index contributed by atoms with van der Waals surface area (Å²) >= 11 is 5.75. The second-order valence-electron chi connectivity index (χ2n) is 3.51.